The van der Waals surface area contributed by atoms with Crippen molar-refractivity contribution in [3.05, 3.63) is 48.5 Å². The van der Waals surface area contributed by atoms with E-state index < -0.39 is 0 Å². The van der Waals surface area contributed by atoms with E-state index in [1.54, 1.807) is 35.4 Å². The molecule has 0 radical (unpaired) electrons. The number of aromatic amines is 1. The second-order valence-corrected chi connectivity index (χ2v) is 7.44. The number of hydrogen-bond donors (Lipinski definition) is 3. The third kappa shape index (κ3) is 3.84. The van der Waals surface area contributed by atoms with Crippen molar-refractivity contribution in [3.8, 4) is 17.4 Å². The van der Waals surface area contributed by atoms with E-state index in [0.717, 1.165) is 16.6 Å². The zero-order valence-corrected chi connectivity index (χ0v) is 16.8. The summed E-state index contributed by atoms with van der Waals surface area (Å²) >= 11 is 0. The maximum atomic E-state index is 12.6. The molecule has 1 saturated carbocycles. The van der Waals surface area contributed by atoms with Gasteiger partial charge in [-0.15, -0.1) is 0 Å². The number of aliphatic hydroxyl groups excluding tert-OH is 1. The number of hydrogen-bond acceptors (Lipinski definition) is 7. The number of rotatable bonds is 6. The van der Waals surface area contributed by atoms with Crippen LogP contribution in [0.2, 0.25) is 0 Å². The van der Waals surface area contributed by atoms with Crippen LogP contribution in [0.5, 0.6) is 6.01 Å². The van der Waals surface area contributed by atoms with Gasteiger partial charge in [-0.3, -0.25) is 9.48 Å². The minimum atomic E-state index is -0.290. The summed E-state index contributed by atoms with van der Waals surface area (Å²) in [5.41, 5.74) is 2.76. The first-order valence-corrected chi connectivity index (χ1v) is 10.1. The molecule has 1 aliphatic rings. The van der Waals surface area contributed by atoms with Crippen LogP contribution in [0.25, 0.3) is 22.3 Å². The highest BCUT2D eigenvalue weighted by molar-refractivity contribution is 6.04. The predicted octanol–water partition coefficient (Wildman–Crippen LogP) is 2.56. The summed E-state index contributed by atoms with van der Waals surface area (Å²) in [6, 6.07) is 5.97. The lowest BCUT2D eigenvalue weighted by Crippen LogP contribution is -2.31. The van der Waals surface area contributed by atoms with Crippen molar-refractivity contribution in [2.75, 3.05) is 11.9 Å². The van der Waals surface area contributed by atoms with Crippen molar-refractivity contribution in [3.63, 3.8) is 0 Å². The Kier molecular flexibility index (Phi) is 4.83. The zero-order valence-electron chi connectivity index (χ0n) is 16.8. The molecule has 0 bridgehead atoms. The third-order valence-corrected chi connectivity index (χ3v) is 5.25. The van der Waals surface area contributed by atoms with Gasteiger partial charge in [-0.1, -0.05) is 0 Å². The lowest BCUT2D eigenvalue weighted by atomic mass is 9.90. The van der Waals surface area contributed by atoms with Crippen LogP contribution in [0.4, 0.5) is 5.82 Å². The number of fused-ring (bicyclic) bond motifs is 1. The first kappa shape index (κ1) is 19.2. The number of aromatic nitrogens is 6. The second-order valence-electron chi connectivity index (χ2n) is 7.44. The summed E-state index contributed by atoms with van der Waals surface area (Å²) in [6.07, 6.45) is 7.60. The molecule has 1 amide bonds. The first-order valence-electron chi connectivity index (χ1n) is 10.1. The minimum absolute atomic E-state index is 0.147. The molecule has 1 aliphatic carbocycles. The van der Waals surface area contributed by atoms with Crippen LogP contribution < -0.4 is 10.1 Å². The number of H-pyrrole nitrogens is 1. The summed E-state index contributed by atoms with van der Waals surface area (Å²) in [5, 5.41) is 17.4. The number of nitrogens with zero attached hydrogens (tertiary/aromatic N) is 5. The number of aliphatic hydroxyl groups is 1. The summed E-state index contributed by atoms with van der Waals surface area (Å²) < 4.78 is 7.09. The minimum Gasteiger partial charge on any atom is -0.464 e. The number of pyridine rings is 1. The van der Waals surface area contributed by atoms with Gasteiger partial charge in [0.1, 0.15) is 5.82 Å². The Morgan fingerprint density at radius 2 is 2.19 bits per heavy atom. The lowest BCUT2D eigenvalue weighted by molar-refractivity contribution is 0.0434. The van der Waals surface area contributed by atoms with Gasteiger partial charge in [0.2, 0.25) is 0 Å². The Labute approximate surface area is 177 Å². The molecule has 4 aromatic rings. The van der Waals surface area contributed by atoms with Gasteiger partial charge in [0.15, 0.2) is 0 Å². The summed E-state index contributed by atoms with van der Waals surface area (Å²) in [4.78, 5) is 28.7. The van der Waals surface area contributed by atoms with Crippen LogP contribution in [0.15, 0.2) is 43.0 Å². The number of anilines is 1. The van der Waals surface area contributed by atoms with Gasteiger partial charge in [-0.2, -0.15) is 10.1 Å². The Morgan fingerprint density at radius 3 is 3.00 bits per heavy atom. The van der Waals surface area contributed by atoms with E-state index in [2.05, 4.69) is 30.4 Å². The largest absolute Gasteiger partial charge is 0.464 e. The summed E-state index contributed by atoms with van der Waals surface area (Å²) in [7, 11) is 0. The van der Waals surface area contributed by atoms with E-state index in [0.29, 0.717) is 42.5 Å². The van der Waals surface area contributed by atoms with Crippen molar-refractivity contribution in [2.45, 2.75) is 31.9 Å². The summed E-state index contributed by atoms with van der Waals surface area (Å²) in [6.45, 7) is 2.37. The molecule has 31 heavy (non-hydrogen) atoms. The molecule has 0 aromatic carbocycles. The van der Waals surface area contributed by atoms with E-state index in [1.165, 1.54) is 6.20 Å². The lowest BCUT2D eigenvalue weighted by Gasteiger charge is -2.31. The molecule has 10 heteroatoms. The standard InChI is InChI=1S/C21H21N7O3/c1-2-31-21-22-4-3-16(26-21)18-5-12-9-23-19(8-17(12)25-18)27-20(30)13-10-24-28(11-13)14-6-15(29)7-14/h3-5,8-11,14-15,25,29H,2,6-7H2,1H3,(H,23,27,30). The van der Waals surface area contributed by atoms with Crippen molar-refractivity contribution in [1.82, 2.24) is 29.7 Å². The maximum Gasteiger partial charge on any atom is 0.316 e. The molecular formula is C21H21N7O3. The highest BCUT2D eigenvalue weighted by Crippen LogP contribution is 2.31. The SMILES string of the molecule is CCOc1nccc(-c2cc3cnc(NC(=O)c4cnn(C5CC(O)C5)c4)cc3[nH]2)n1. The molecule has 4 heterocycles. The van der Waals surface area contributed by atoms with E-state index in [-0.39, 0.29) is 18.1 Å². The molecule has 10 nitrogen and oxygen atoms in total. The van der Waals surface area contributed by atoms with Gasteiger partial charge in [0.25, 0.3) is 5.91 Å². The van der Waals surface area contributed by atoms with E-state index in [1.807, 2.05) is 13.0 Å². The average Bonchev–Trinajstić information content (AvgIpc) is 3.39. The Bertz CT molecular complexity index is 1240. The van der Waals surface area contributed by atoms with Crippen molar-refractivity contribution in [2.24, 2.45) is 0 Å². The quantitative estimate of drug-likeness (QED) is 0.438. The normalized spacial score (nSPS) is 18.0. The molecule has 3 N–H and O–H groups in total. The highest BCUT2D eigenvalue weighted by atomic mass is 16.5. The topological polar surface area (TPSA) is 131 Å². The van der Waals surface area contributed by atoms with Crippen LogP contribution in [0, 0.1) is 0 Å². The monoisotopic (exact) mass is 419 g/mol. The molecule has 0 saturated heterocycles. The second kappa shape index (κ2) is 7.80. The van der Waals surface area contributed by atoms with Crippen molar-refractivity contribution < 1.29 is 14.6 Å². The van der Waals surface area contributed by atoms with Crippen LogP contribution in [-0.2, 0) is 0 Å². The van der Waals surface area contributed by atoms with E-state index >= 15 is 0 Å². The van der Waals surface area contributed by atoms with Crippen molar-refractivity contribution >= 4 is 22.6 Å². The molecule has 0 spiro atoms. The number of nitrogens with one attached hydrogen (secondary N) is 2. The fourth-order valence-electron chi connectivity index (χ4n) is 3.54. The van der Waals surface area contributed by atoms with Gasteiger partial charge in [0, 0.05) is 30.0 Å². The zero-order chi connectivity index (χ0) is 21.4. The Hall–Kier alpha value is -3.79. The summed E-state index contributed by atoms with van der Waals surface area (Å²) in [5.74, 6) is 0.136. The van der Waals surface area contributed by atoms with E-state index in [4.69, 9.17) is 4.74 Å². The fraction of sp³-hybridized carbons (Fsp3) is 0.286. The Balaban J connectivity index is 1.33. The van der Waals surface area contributed by atoms with Crippen LogP contribution in [0.1, 0.15) is 36.2 Å². The smallest absolute Gasteiger partial charge is 0.316 e. The molecular weight excluding hydrogens is 398 g/mol. The molecule has 4 aromatic heterocycles. The number of ether oxygens (including phenoxy) is 1. The van der Waals surface area contributed by atoms with Gasteiger partial charge in [-0.05, 0) is 31.9 Å². The number of carbonyl (C=O) groups is 1. The fourth-order valence-corrected chi connectivity index (χ4v) is 3.54. The van der Waals surface area contributed by atoms with Gasteiger partial charge in [-0.25, -0.2) is 9.97 Å². The predicted molar refractivity (Wildman–Crippen MR) is 113 cm³/mol. The van der Waals surface area contributed by atoms with Crippen LogP contribution in [-0.4, -0.2) is 53.4 Å². The molecule has 5 rings (SSSR count). The Morgan fingerprint density at radius 1 is 1.32 bits per heavy atom. The van der Waals surface area contributed by atoms with Gasteiger partial charge < -0.3 is 20.1 Å². The first-order chi connectivity index (χ1) is 15.1. The van der Waals surface area contributed by atoms with Gasteiger partial charge >= 0.3 is 6.01 Å². The molecule has 0 unspecified atom stereocenters. The van der Waals surface area contributed by atoms with E-state index in [9.17, 15) is 9.90 Å². The maximum absolute atomic E-state index is 12.6. The van der Waals surface area contributed by atoms with Crippen molar-refractivity contribution in [1.29, 1.82) is 0 Å². The molecule has 0 aliphatic heterocycles. The molecule has 1 fully saturated rings. The highest BCUT2D eigenvalue weighted by Gasteiger charge is 2.29. The third-order valence-electron chi connectivity index (χ3n) is 5.25. The number of amides is 1. The van der Waals surface area contributed by atoms with Gasteiger partial charge in [0.05, 0.1) is 47.4 Å². The molecule has 0 atom stereocenters. The number of carbonyl (C=O) groups excluding carboxylic acids is 1. The van der Waals surface area contributed by atoms with Crippen LogP contribution >= 0.6 is 0 Å². The molecule has 158 valence electrons. The van der Waals surface area contributed by atoms with Crippen LogP contribution in [0.3, 0.4) is 0 Å². The average molecular weight is 419 g/mol.